The fourth-order valence-electron chi connectivity index (χ4n) is 2.20. The molecule has 0 bridgehead atoms. The van der Waals surface area contributed by atoms with Gasteiger partial charge in [-0.25, -0.2) is 4.79 Å². The SMILES string of the molecule is Cc1cc(C)c(Cc2ccc(C(=O)O)cc2)cc1C. The van der Waals surface area contributed by atoms with E-state index in [9.17, 15) is 4.79 Å². The molecule has 0 unspecified atom stereocenters. The van der Waals surface area contributed by atoms with E-state index in [0.29, 0.717) is 5.56 Å². The van der Waals surface area contributed by atoms with Gasteiger partial charge in [0.1, 0.15) is 0 Å². The second-order valence-electron chi connectivity index (χ2n) is 5.04. The van der Waals surface area contributed by atoms with Gasteiger partial charge in [0, 0.05) is 0 Å². The number of aryl methyl sites for hydroxylation is 3. The van der Waals surface area contributed by atoms with E-state index < -0.39 is 5.97 Å². The minimum Gasteiger partial charge on any atom is -0.478 e. The summed E-state index contributed by atoms with van der Waals surface area (Å²) in [6, 6.07) is 11.5. The molecule has 0 saturated heterocycles. The lowest BCUT2D eigenvalue weighted by molar-refractivity contribution is 0.0697. The highest BCUT2D eigenvalue weighted by Gasteiger charge is 2.05. The highest BCUT2D eigenvalue weighted by atomic mass is 16.4. The smallest absolute Gasteiger partial charge is 0.335 e. The monoisotopic (exact) mass is 254 g/mol. The number of rotatable bonds is 3. The van der Waals surface area contributed by atoms with Gasteiger partial charge in [-0.3, -0.25) is 0 Å². The van der Waals surface area contributed by atoms with Crippen LogP contribution in [0.2, 0.25) is 0 Å². The molecule has 2 aromatic rings. The molecule has 2 aromatic carbocycles. The zero-order valence-corrected chi connectivity index (χ0v) is 11.5. The van der Waals surface area contributed by atoms with Gasteiger partial charge < -0.3 is 5.11 Å². The van der Waals surface area contributed by atoms with E-state index in [1.165, 1.54) is 22.3 Å². The number of carboxylic acid groups (broad SMARTS) is 1. The minimum absolute atomic E-state index is 0.334. The normalized spacial score (nSPS) is 10.5. The predicted molar refractivity (Wildman–Crippen MR) is 76.9 cm³/mol. The summed E-state index contributed by atoms with van der Waals surface area (Å²) < 4.78 is 0. The Morgan fingerprint density at radius 1 is 0.947 bits per heavy atom. The van der Waals surface area contributed by atoms with Crippen LogP contribution in [-0.2, 0) is 6.42 Å². The molecule has 0 aliphatic heterocycles. The molecule has 0 fully saturated rings. The van der Waals surface area contributed by atoms with Crippen molar-refractivity contribution in [2.24, 2.45) is 0 Å². The molecule has 0 aromatic heterocycles. The molecule has 0 aliphatic rings. The molecular formula is C17H18O2. The molecule has 0 saturated carbocycles. The van der Waals surface area contributed by atoms with Gasteiger partial charge in [0.15, 0.2) is 0 Å². The molecule has 0 amide bonds. The Balaban J connectivity index is 2.26. The Morgan fingerprint density at radius 2 is 1.53 bits per heavy atom. The quantitative estimate of drug-likeness (QED) is 0.902. The molecule has 98 valence electrons. The van der Waals surface area contributed by atoms with Crippen molar-refractivity contribution in [1.82, 2.24) is 0 Å². The van der Waals surface area contributed by atoms with Gasteiger partial charge in [0.2, 0.25) is 0 Å². The van der Waals surface area contributed by atoms with E-state index in [1.807, 2.05) is 12.1 Å². The van der Waals surface area contributed by atoms with Crippen LogP contribution < -0.4 is 0 Å². The lowest BCUT2D eigenvalue weighted by Crippen LogP contribution is -1.98. The lowest BCUT2D eigenvalue weighted by atomic mass is 9.95. The van der Waals surface area contributed by atoms with Crippen LogP contribution in [0.4, 0.5) is 0 Å². The highest BCUT2D eigenvalue weighted by Crippen LogP contribution is 2.19. The third-order valence-electron chi connectivity index (χ3n) is 3.55. The fourth-order valence-corrected chi connectivity index (χ4v) is 2.20. The number of aromatic carboxylic acids is 1. The molecule has 0 atom stereocenters. The van der Waals surface area contributed by atoms with E-state index >= 15 is 0 Å². The Kier molecular flexibility index (Phi) is 3.70. The molecule has 0 aliphatic carbocycles. The Bertz CT molecular complexity index is 610. The first-order valence-corrected chi connectivity index (χ1v) is 6.36. The number of hydrogen-bond acceptors (Lipinski definition) is 1. The van der Waals surface area contributed by atoms with Crippen molar-refractivity contribution >= 4 is 5.97 Å². The summed E-state index contributed by atoms with van der Waals surface area (Å²) in [5.74, 6) is -0.881. The van der Waals surface area contributed by atoms with E-state index in [0.717, 1.165) is 12.0 Å². The summed E-state index contributed by atoms with van der Waals surface area (Å²) in [5, 5.41) is 8.88. The van der Waals surface area contributed by atoms with Gasteiger partial charge in [-0.1, -0.05) is 24.3 Å². The molecule has 0 spiro atoms. The third kappa shape index (κ3) is 3.02. The molecule has 0 radical (unpaired) electrons. The Hall–Kier alpha value is -2.09. The lowest BCUT2D eigenvalue weighted by Gasteiger charge is -2.10. The van der Waals surface area contributed by atoms with Crippen LogP contribution >= 0.6 is 0 Å². The van der Waals surface area contributed by atoms with Crippen molar-refractivity contribution in [3.63, 3.8) is 0 Å². The van der Waals surface area contributed by atoms with Crippen molar-refractivity contribution in [1.29, 1.82) is 0 Å². The molecule has 2 nitrogen and oxygen atoms in total. The summed E-state index contributed by atoms with van der Waals surface area (Å²) in [4.78, 5) is 10.8. The fraction of sp³-hybridized carbons (Fsp3) is 0.235. The Morgan fingerprint density at radius 3 is 2.11 bits per heavy atom. The van der Waals surface area contributed by atoms with Crippen molar-refractivity contribution in [3.8, 4) is 0 Å². The summed E-state index contributed by atoms with van der Waals surface area (Å²) >= 11 is 0. The second-order valence-corrected chi connectivity index (χ2v) is 5.04. The third-order valence-corrected chi connectivity index (χ3v) is 3.55. The first-order valence-electron chi connectivity index (χ1n) is 6.36. The molecule has 0 heterocycles. The van der Waals surface area contributed by atoms with Gasteiger partial charge in [-0.15, -0.1) is 0 Å². The standard InChI is InChI=1S/C17H18O2/c1-11-8-13(3)16(9-12(11)2)10-14-4-6-15(7-5-14)17(18)19/h4-9H,10H2,1-3H3,(H,18,19). The Labute approximate surface area is 113 Å². The van der Waals surface area contributed by atoms with E-state index in [1.54, 1.807) is 12.1 Å². The van der Waals surface area contributed by atoms with Crippen molar-refractivity contribution < 1.29 is 9.90 Å². The maximum Gasteiger partial charge on any atom is 0.335 e. The van der Waals surface area contributed by atoms with Gasteiger partial charge in [0.25, 0.3) is 0 Å². The van der Waals surface area contributed by atoms with Crippen molar-refractivity contribution in [2.45, 2.75) is 27.2 Å². The van der Waals surface area contributed by atoms with Crippen molar-refractivity contribution in [2.75, 3.05) is 0 Å². The average Bonchev–Trinajstić information content (AvgIpc) is 2.36. The summed E-state index contributed by atoms with van der Waals surface area (Å²) in [6.45, 7) is 6.35. The largest absolute Gasteiger partial charge is 0.478 e. The summed E-state index contributed by atoms with van der Waals surface area (Å²) in [6.07, 6.45) is 0.840. The first kappa shape index (κ1) is 13.3. The first-order chi connectivity index (χ1) is 8.97. The van der Waals surface area contributed by atoms with E-state index in [2.05, 4.69) is 32.9 Å². The number of carbonyl (C=O) groups is 1. The van der Waals surface area contributed by atoms with Crippen LogP contribution in [-0.4, -0.2) is 11.1 Å². The van der Waals surface area contributed by atoms with Gasteiger partial charge >= 0.3 is 5.97 Å². The molecular weight excluding hydrogens is 236 g/mol. The number of hydrogen-bond donors (Lipinski definition) is 1. The van der Waals surface area contributed by atoms with E-state index in [4.69, 9.17) is 5.11 Å². The van der Waals surface area contributed by atoms with Crippen LogP contribution in [0.3, 0.4) is 0 Å². The molecule has 2 rings (SSSR count). The number of carboxylic acids is 1. The maximum atomic E-state index is 10.8. The summed E-state index contributed by atoms with van der Waals surface area (Å²) in [7, 11) is 0. The average molecular weight is 254 g/mol. The minimum atomic E-state index is -0.881. The molecule has 2 heteroatoms. The number of benzene rings is 2. The van der Waals surface area contributed by atoms with Crippen LogP contribution in [0.15, 0.2) is 36.4 Å². The molecule has 19 heavy (non-hydrogen) atoms. The zero-order valence-electron chi connectivity index (χ0n) is 11.5. The van der Waals surface area contributed by atoms with Gasteiger partial charge in [-0.05, 0) is 67.1 Å². The summed E-state index contributed by atoms with van der Waals surface area (Å²) in [5.41, 5.74) is 6.65. The topological polar surface area (TPSA) is 37.3 Å². The predicted octanol–water partition coefficient (Wildman–Crippen LogP) is 3.90. The van der Waals surface area contributed by atoms with E-state index in [-0.39, 0.29) is 0 Å². The second kappa shape index (κ2) is 5.27. The van der Waals surface area contributed by atoms with Crippen LogP contribution in [0.25, 0.3) is 0 Å². The van der Waals surface area contributed by atoms with Crippen molar-refractivity contribution in [3.05, 3.63) is 69.8 Å². The van der Waals surface area contributed by atoms with Gasteiger partial charge in [-0.2, -0.15) is 0 Å². The maximum absolute atomic E-state index is 10.8. The van der Waals surface area contributed by atoms with Crippen LogP contribution in [0.1, 0.15) is 38.2 Å². The molecule has 1 N–H and O–H groups in total. The van der Waals surface area contributed by atoms with Gasteiger partial charge in [0.05, 0.1) is 5.56 Å². The zero-order chi connectivity index (χ0) is 14.0. The van der Waals surface area contributed by atoms with Crippen LogP contribution in [0.5, 0.6) is 0 Å². The van der Waals surface area contributed by atoms with Crippen LogP contribution in [0, 0.1) is 20.8 Å². The highest BCUT2D eigenvalue weighted by molar-refractivity contribution is 5.87.